The highest BCUT2D eigenvalue weighted by Gasteiger charge is 2.27. The summed E-state index contributed by atoms with van der Waals surface area (Å²) in [5, 5.41) is 0. The molecule has 0 saturated heterocycles. The molecule has 0 amide bonds. The summed E-state index contributed by atoms with van der Waals surface area (Å²) < 4.78 is 16.0. The fraction of sp³-hybridized carbons (Fsp3) is 0.381. The summed E-state index contributed by atoms with van der Waals surface area (Å²) in [6, 6.07) is 12.0. The Kier molecular flexibility index (Phi) is 5.27. The summed E-state index contributed by atoms with van der Waals surface area (Å²) in [6.45, 7) is 4.49. The van der Waals surface area contributed by atoms with Gasteiger partial charge in [-0.3, -0.25) is 0 Å². The van der Waals surface area contributed by atoms with Crippen LogP contribution < -0.4 is 9.47 Å². The minimum atomic E-state index is -0.724. The van der Waals surface area contributed by atoms with Crippen LogP contribution in [0.5, 0.6) is 11.5 Å². The molecule has 2 aromatic rings. The Labute approximate surface area is 148 Å². The van der Waals surface area contributed by atoms with Crippen molar-refractivity contribution in [3.63, 3.8) is 0 Å². The van der Waals surface area contributed by atoms with Crippen molar-refractivity contribution < 1.29 is 19.0 Å². The van der Waals surface area contributed by atoms with E-state index in [9.17, 15) is 4.79 Å². The first-order valence-electron chi connectivity index (χ1n) is 8.72. The Morgan fingerprint density at radius 2 is 1.96 bits per heavy atom. The molecule has 1 aliphatic rings. The van der Waals surface area contributed by atoms with Gasteiger partial charge in [0, 0.05) is 5.56 Å². The van der Waals surface area contributed by atoms with Gasteiger partial charge in [-0.05, 0) is 60.9 Å². The molecule has 132 valence electrons. The number of carbonyl (C=O) groups excluding carboxylic acids is 1. The predicted octanol–water partition coefficient (Wildman–Crippen LogP) is 5.16. The van der Waals surface area contributed by atoms with Crippen LogP contribution in [0.1, 0.15) is 47.9 Å². The van der Waals surface area contributed by atoms with E-state index in [1.165, 1.54) is 31.1 Å². The molecule has 0 bridgehead atoms. The van der Waals surface area contributed by atoms with Gasteiger partial charge in [0.05, 0.1) is 7.11 Å². The molecular weight excluding hydrogens is 316 g/mol. The molecule has 0 radical (unpaired) electrons. The fourth-order valence-electron chi connectivity index (χ4n) is 2.90. The topological polar surface area (TPSA) is 44.8 Å². The first-order chi connectivity index (χ1) is 12.1. The summed E-state index contributed by atoms with van der Waals surface area (Å²) in [5.41, 5.74) is 4.50. The van der Waals surface area contributed by atoms with Crippen LogP contribution >= 0.6 is 0 Å². The third-order valence-corrected chi connectivity index (χ3v) is 4.60. The molecule has 1 saturated carbocycles. The van der Waals surface area contributed by atoms with E-state index >= 15 is 0 Å². The number of rotatable bonds is 6. The highest BCUT2D eigenvalue weighted by atomic mass is 16.7. The zero-order valence-electron chi connectivity index (χ0n) is 15.0. The van der Waals surface area contributed by atoms with E-state index in [1.54, 1.807) is 6.07 Å². The SMILES string of the molecule is CCc1ccc(OCc2c(C)cccc2OC(=O)OC)c(C2CC2)c1. The van der Waals surface area contributed by atoms with Crippen molar-refractivity contribution in [3.05, 3.63) is 58.7 Å². The van der Waals surface area contributed by atoms with Crippen molar-refractivity contribution in [1.82, 2.24) is 0 Å². The summed E-state index contributed by atoms with van der Waals surface area (Å²) in [5.74, 6) is 2.01. The maximum Gasteiger partial charge on any atom is 0.513 e. The number of hydrogen-bond acceptors (Lipinski definition) is 4. The van der Waals surface area contributed by atoms with Gasteiger partial charge in [0.25, 0.3) is 0 Å². The number of ether oxygens (including phenoxy) is 3. The number of aryl methyl sites for hydroxylation is 2. The molecule has 0 aromatic heterocycles. The third kappa shape index (κ3) is 4.13. The molecular formula is C21H24O4. The summed E-state index contributed by atoms with van der Waals surface area (Å²) in [6.07, 6.45) is 2.75. The van der Waals surface area contributed by atoms with Crippen LogP contribution in [0.4, 0.5) is 4.79 Å². The highest BCUT2D eigenvalue weighted by Crippen LogP contribution is 2.45. The van der Waals surface area contributed by atoms with Gasteiger partial charge >= 0.3 is 6.16 Å². The molecule has 2 aromatic carbocycles. The van der Waals surface area contributed by atoms with E-state index < -0.39 is 6.16 Å². The second kappa shape index (κ2) is 7.60. The summed E-state index contributed by atoms with van der Waals surface area (Å²) in [4.78, 5) is 11.5. The van der Waals surface area contributed by atoms with Gasteiger partial charge < -0.3 is 14.2 Å². The fourth-order valence-corrected chi connectivity index (χ4v) is 2.90. The molecule has 0 spiro atoms. The van der Waals surface area contributed by atoms with E-state index in [0.29, 0.717) is 18.3 Å². The Morgan fingerprint density at radius 3 is 2.64 bits per heavy atom. The Morgan fingerprint density at radius 1 is 1.16 bits per heavy atom. The molecule has 0 atom stereocenters. The maximum atomic E-state index is 11.5. The van der Waals surface area contributed by atoms with Gasteiger partial charge in [-0.2, -0.15) is 0 Å². The predicted molar refractivity (Wildman–Crippen MR) is 96.3 cm³/mol. The summed E-state index contributed by atoms with van der Waals surface area (Å²) >= 11 is 0. The van der Waals surface area contributed by atoms with E-state index in [0.717, 1.165) is 23.3 Å². The summed E-state index contributed by atoms with van der Waals surface area (Å²) in [7, 11) is 1.30. The largest absolute Gasteiger partial charge is 0.513 e. The lowest BCUT2D eigenvalue weighted by Gasteiger charge is -2.16. The zero-order chi connectivity index (χ0) is 17.8. The Balaban J connectivity index is 1.81. The van der Waals surface area contributed by atoms with Crippen molar-refractivity contribution >= 4 is 6.16 Å². The molecule has 1 aliphatic carbocycles. The van der Waals surface area contributed by atoms with Crippen molar-refractivity contribution in [2.45, 2.75) is 45.6 Å². The molecule has 3 rings (SSSR count). The quantitative estimate of drug-likeness (QED) is 0.538. The average Bonchev–Trinajstić information content (AvgIpc) is 3.46. The van der Waals surface area contributed by atoms with Gasteiger partial charge in [-0.15, -0.1) is 0 Å². The number of methoxy groups -OCH3 is 1. The molecule has 0 aliphatic heterocycles. The first kappa shape index (κ1) is 17.3. The van der Waals surface area contributed by atoms with Crippen LogP contribution in [0.15, 0.2) is 36.4 Å². The normalized spacial score (nSPS) is 13.4. The van der Waals surface area contributed by atoms with Crippen molar-refractivity contribution in [2.75, 3.05) is 7.11 Å². The molecule has 4 nitrogen and oxygen atoms in total. The molecule has 1 fully saturated rings. The number of hydrogen-bond donors (Lipinski definition) is 0. The maximum absolute atomic E-state index is 11.5. The van der Waals surface area contributed by atoms with Gasteiger partial charge in [0.15, 0.2) is 0 Å². The van der Waals surface area contributed by atoms with Gasteiger partial charge in [0.2, 0.25) is 0 Å². The van der Waals surface area contributed by atoms with E-state index in [1.807, 2.05) is 19.1 Å². The smallest absolute Gasteiger partial charge is 0.488 e. The van der Waals surface area contributed by atoms with E-state index in [2.05, 4.69) is 29.9 Å². The zero-order valence-corrected chi connectivity index (χ0v) is 15.0. The van der Waals surface area contributed by atoms with Crippen LogP contribution in [0.25, 0.3) is 0 Å². The first-order valence-corrected chi connectivity index (χ1v) is 8.72. The average molecular weight is 340 g/mol. The van der Waals surface area contributed by atoms with Gasteiger partial charge in [-0.25, -0.2) is 4.79 Å². The van der Waals surface area contributed by atoms with Crippen molar-refractivity contribution in [3.8, 4) is 11.5 Å². The number of carbonyl (C=O) groups is 1. The second-order valence-corrected chi connectivity index (χ2v) is 6.40. The van der Waals surface area contributed by atoms with Gasteiger partial charge in [0.1, 0.15) is 18.1 Å². The lowest BCUT2D eigenvalue weighted by Crippen LogP contribution is -2.11. The van der Waals surface area contributed by atoms with Crippen molar-refractivity contribution in [1.29, 1.82) is 0 Å². The lowest BCUT2D eigenvalue weighted by molar-refractivity contribution is 0.120. The van der Waals surface area contributed by atoms with Crippen LogP contribution in [0.3, 0.4) is 0 Å². The lowest BCUT2D eigenvalue weighted by atomic mass is 10.0. The minimum Gasteiger partial charge on any atom is -0.488 e. The number of benzene rings is 2. The van der Waals surface area contributed by atoms with Crippen molar-refractivity contribution in [2.24, 2.45) is 0 Å². The van der Waals surface area contributed by atoms with Crippen LogP contribution in [-0.2, 0) is 17.8 Å². The molecule has 0 heterocycles. The van der Waals surface area contributed by atoms with E-state index in [-0.39, 0.29) is 0 Å². The monoisotopic (exact) mass is 340 g/mol. The van der Waals surface area contributed by atoms with Crippen LogP contribution in [0, 0.1) is 6.92 Å². The van der Waals surface area contributed by atoms with Crippen LogP contribution in [-0.4, -0.2) is 13.3 Å². The Hall–Kier alpha value is -2.49. The Bertz CT molecular complexity index is 762. The molecule has 4 heteroatoms. The standard InChI is InChI=1S/C21H24O4/c1-4-15-8-11-19(17(12-15)16-9-10-16)24-13-18-14(2)6-5-7-20(18)25-21(22)23-3/h5-8,11-12,16H,4,9-10,13H2,1-3H3. The highest BCUT2D eigenvalue weighted by molar-refractivity contribution is 5.64. The third-order valence-electron chi connectivity index (χ3n) is 4.60. The second-order valence-electron chi connectivity index (χ2n) is 6.40. The molecule has 0 N–H and O–H groups in total. The molecule has 25 heavy (non-hydrogen) atoms. The van der Waals surface area contributed by atoms with Gasteiger partial charge in [-0.1, -0.05) is 31.2 Å². The molecule has 0 unspecified atom stereocenters. The van der Waals surface area contributed by atoms with Crippen LogP contribution in [0.2, 0.25) is 0 Å². The minimum absolute atomic E-state index is 0.351. The van der Waals surface area contributed by atoms with E-state index in [4.69, 9.17) is 9.47 Å².